The van der Waals surface area contributed by atoms with Gasteiger partial charge in [0.05, 0.1) is 0 Å². The van der Waals surface area contributed by atoms with Crippen LogP contribution >= 0.6 is 0 Å². The van der Waals surface area contributed by atoms with Gasteiger partial charge in [0.15, 0.2) is 6.10 Å². The average Bonchev–Trinajstić information content (AvgIpc) is 2.61. The summed E-state index contributed by atoms with van der Waals surface area (Å²) in [4.78, 5) is 23.9. The summed E-state index contributed by atoms with van der Waals surface area (Å²) in [5.74, 6) is -1.53. The first-order valence-electron chi connectivity index (χ1n) is 7.82. The molecule has 0 aromatic heterocycles. The van der Waals surface area contributed by atoms with Gasteiger partial charge in [-0.25, -0.2) is 4.39 Å². The molecule has 0 aliphatic heterocycles. The minimum atomic E-state index is -1.26. The maximum absolute atomic E-state index is 12.9. The Balaban J connectivity index is 2.01. The molecule has 2 aromatic rings. The predicted octanol–water partition coefficient (Wildman–Crippen LogP) is 2.75. The molecule has 2 N–H and O–H groups in total. The fourth-order valence-corrected chi connectivity index (χ4v) is 2.29. The second kappa shape index (κ2) is 7.79. The number of hydrogen-bond acceptors (Lipinski definition) is 3. The second-order valence-electron chi connectivity index (χ2n) is 5.94. The molecule has 0 saturated heterocycles. The highest BCUT2D eigenvalue weighted by atomic mass is 19.1. The van der Waals surface area contributed by atoms with Crippen LogP contribution in [-0.2, 0) is 15.0 Å². The highest BCUT2D eigenvalue weighted by molar-refractivity contribution is 5.84. The van der Waals surface area contributed by atoms with Gasteiger partial charge in [-0.1, -0.05) is 30.3 Å². The summed E-state index contributed by atoms with van der Waals surface area (Å²) < 4.78 is 18.3. The molecule has 132 valence electrons. The number of nitrogens with one attached hydrogen (secondary N) is 1. The SMILES string of the molecule is CC(Oc1ccc(F)cc1)C(=O)NCC(C)(C(=O)O)c1ccccc1. The van der Waals surface area contributed by atoms with Crippen molar-refractivity contribution < 1.29 is 23.8 Å². The molecule has 2 atom stereocenters. The summed E-state index contributed by atoms with van der Waals surface area (Å²) >= 11 is 0. The zero-order valence-electron chi connectivity index (χ0n) is 14.0. The van der Waals surface area contributed by atoms with Crippen molar-refractivity contribution >= 4 is 11.9 Å². The van der Waals surface area contributed by atoms with Gasteiger partial charge in [-0.05, 0) is 43.7 Å². The zero-order chi connectivity index (χ0) is 18.4. The van der Waals surface area contributed by atoms with Crippen LogP contribution in [0.25, 0.3) is 0 Å². The van der Waals surface area contributed by atoms with Crippen molar-refractivity contribution in [2.75, 3.05) is 6.54 Å². The Labute approximate surface area is 145 Å². The first-order valence-corrected chi connectivity index (χ1v) is 7.82. The third-order valence-corrected chi connectivity index (χ3v) is 3.99. The minimum Gasteiger partial charge on any atom is -0.481 e. The maximum atomic E-state index is 12.9. The highest BCUT2D eigenvalue weighted by Crippen LogP contribution is 2.23. The van der Waals surface area contributed by atoms with E-state index in [2.05, 4.69) is 5.32 Å². The number of amides is 1. The normalized spacial score (nSPS) is 14.2. The molecule has 0 spiro atoms. The van der Waals surface area contributed by atoms with Gasteiger partial charge in [-0.15, -0.1) is 0 Å². The fraction of sp³-hybridized carbons (Fsp3) is 0.263. The summed E-state index contributed by atoms with van der Waals surface area (Å²) in [6.07, 6.45) is -0.848. The van der Waals surface area contributed by atoms with Crippen LogP contribution in [-0.4, -0.2) is 29.6 Å². The minimum absolute atomic E-state index is 0.0811. The lowest BCUT2D eigenvalue weighted by Crippen LogP contribution is -2.47. The van der Waals surface area contributed by atoms with Crippen LogP contribution < -0.4 is 10.1 Å². The summed E-state index contributed by atoms with van der Waals surface area (Å²) in [6.45, 7) is 3.01. The monoisotopic (exact) mass is 345 g/mol. The number of aliphatic carboxylic acids is 1. The van der Waals surface area contributed by atoms with Crippen LogP contribution in [0.4, 0.5) is 4.39 Å². The van der Waals surface area contributed by atoms with Crippen molar-refractivity contribution in [1.82, 2.24) is 5.32 Å². The Morgan fingerprint density at radius 1 is 1.16 bits per heavy atom. The van der Waals surface area contributed by atoms with Gasteiger partial charge in [0.2, 0.25) is 0 Å². The fourth-order valence-electron chi connectivity index (χ4n) is 2.29. The molecule has 0 bridgehead atoms. The number of ether oxygens (including phenoxy) is 1. The van der Waals surface area contributed by atoms with Gasteiger partial charge < -0.3 is 15.2 Å². The van der Waals surface area contributed by atoms with E-state index in [9.17, 15) is 19.1 Å². The number of halogens is 1. The van der Waals surface area contributed by atoms with E-state index in [-0.39, 0.29) is 6.54 Å². The van der Waals surface area contributed by atoms with Gasteiger partial charge in [0.1, 0.15) is 17.0 Å². The van der Waals surface area contributed by atoms with Crippen molar-refractivity contribution in [3.05, 3.63) is 66.0 Å². The zero-order valence-corrected chi connectivity index (χ0v) is 14.0. The first-order chi connectivity index (χ1) is 11.8. The van der Waals surface area contributed by atoms with Crippen molar-refractivity contribution in [3.8, 4) is 5.75 Å². The Morgan fingerprint density at radius 2 is 1.76 bits per heavy atom. The Hall–Kier alpha value is -2.89. The molecular formula is C19H20FNO4. The second-order valence-corrected chi connectivity index (χ2v) is 5.94. The van der Waals surface area contributed by atoms with Crippen molar-refractivity contribution in [2.45, 2.75) is 25.4 Å². The molecular weight excluding hydrogens is 325 g/mol. The maximum Gasteiger partial charge on any atom is 0.315 e. The van der Waals surface area contributed by atoms with Crippen LogP contribution in [0.15, 0.2) is 54.6 Å². The van der Waals surface area contributed by atoms with E-state index in [0.717, 1.165) is 0 Å². The first kappa shape index (κ1) is 18.4. The van der Waals surface area contributed by atoms with Crippen LogP contribution in [0.3, 0.4) is 0 Å². The molecule has 5 nitrogen and oxygen atoms in total. The summed E-state index contributed by atoms with van der Waals surface area (Å²) in [7, 11) is 0. The Morgan fingerprint density at radius 3 is 2.32 bits per heavy atom. The number of rotatable bonds is 7. The number of hydrogen-bond donors (Lipinski definition) is 2. The molecule has 0 aliphatic rings. The molecule has 0 saturated carbocycles. The van der Waals surface area contributed by atoms with Gasteiger partial charge in [0, 0.05) is 6.54 Å². The molecule has 2 rings (SSSR count). The number of carbonyl (C=O) groups excluding carboxylic acids is 1. The van der Waals surface area contributed by atoms with Gasteiger partial charge in [0.25, 0.3) is 5.91 Å². The van der Waals surface area contributed by atoms with Crippen LogP contribution in [0, 0.1) is 5.82 Å². The summed E-state index contributed by atoms with van der Waals surface area (Å²) in [5.41, 5.74) is -0.665. The largest absolute Gasteiger partial charge is 0.481 e. The molecule has 0 aliphatic carbocycles. The number of carbonyl (C=O) groups is 2. The van der Waals surface area contributed by atoms with Gasteiger partial charge in [-0.2, -0.15) is 0 Å². The topological polar surface area (TPSA) is 75.6 Å². The lowest BCUT2D eigenvalue weighted by molar-refractivity contribution is -0.143. The lowest BCUT2D eigenvalue weighted by Gasteiger charge is -2.26. The van der Waals surface area contributed by atoms with E-state index in [4.69, 9.17) is 4.74 Å². The lowest BCUT2D eigenvalue weighted by atomic mass is 9.82. The summed E-state index contributed by atoms with van der Waals surface area (Å²) in [6, 6.07) is 14.0. The quantitative estimate of drug-likeness (QED) is 0.809. The van der Waals surface area contributed by atoms with Crippen molar-refractivity contribution in [2.24, 2.45) is 0 Å². The third-order valence-electron chi connectivity index (χ3n) is 3.99. The smallest absolute Gasteiger partial charge is 0.315 e. The number of benzene rings is 2. The van der Waals surface area contributed by atoms with Gasteiger partial charge in [-0.3, -0.25) is 9.59 Å². The molecule has 2 aromatic carbocycles. The van der Waals surface area contributed by atoms with E-state index in [1.165, 1.54) is 24.3 Å². The number of carboxylic acid groups (broad SMARTS) is 1. The van der Waals surface area contributed by atoms with Crippen molar-refractivity contribution in [3.63, 3.8) is 0 Å². The molecule has 1 amide bonds. The summed E-state index contributed by atoms with van der Waals surface area (Å²) in [5, 5.41) is 12.2. The standard InChI is InChI=1S/C19H20FNO4/c1-13(25-16-10-8-15(20)9-11-16)17(22)21-12-19(2,18(23)24)14-6-4-3-5-7-14/h3-11,13H,12H2,1-2H3,(H,21,22)(H,23,24). The number of carboxylic acids is 1. The predicted molar refractivity (Wildman–Crippen MR) is 90.9 cm³/mol. The van der Waals surface area contributed by atoms with E-state index >= 15 is 0 Å². The van der Waals surface area contributed by atoms with Gasteiger partial charge >= 0.3 is 5.97 Å². The molecule has 0 fully saturated rings. The molecule has 25 heavy (non-hydrogen) atoms. The van der Waals surface area contributed by atoms with Crippen molar-refractivity contribution in [1.29, 1.82) is 0 Å². The highest BCUT2D eigenvalue weighted by Gasteiger charge is 2.36. The van der Waals surface area contributed by atoms with E-state index < -0.39 is 29.2 Å². The molecule has 0 heterocycles. The van der Waals surface area contributed by atoms with E-state index in [1.54, 1.807) is 44.2 Å². The van der Waals surface area contributed by atoms with Crippen LogP contribution in [0.1, 0.15) is 19.4 Å². The Bertz CT molecular complexity index is 733. The van der Waals surface area contributed by atoms with E-state index in [1.807, 2.05) is 0 Å². The van der Waals surface area contributed by atoms with Crippen LogP contribution in [0.2, 0.25) is 0 Å². The Kier molecular flexibility index (Phi) is 5.75. The third kappa shape index (κ3) is 4.56. The molecule has 0 radical (unpaired) electrons. The average molecular weight is 345 g/mol. The molecule has 2 unspecified atom stereocenters. The van der Waals surface area contributed by atoms with E-state index in [0.29, 0.717) is 11.3 Å². The molecule has 6 heteroatoms. The van der Waals surface area contributed by atoms with Crippen LogP contribution in [0.5, 0.6) is 5.75 Å².